The van der Waals surface area contributed by atoms with E-state index in [2.05, 4.69) is 19.5 Å². The number of thiophene rings is 1. The van der Waals surface area contributed by atoms with Crippen molar-refractivity contribution in [2.24, 2.45) is 11.1 Å². The van der Waals surface area contributed by atoms with Crippen molar-refractivity contribution >= 4 is 44.8 Å². The SMILES string of the molecule is COCc1cc(C(=O)c2nccc(N[C@@H]3C[C@H](COS(N)(=O)=O)[C@@H](O)C3)n2)sc1Cl. The van der Waals surface area contributed by atoms with E-state index in [4.69, 9.17) is 21.5 Å². The number of nitrogens with one attached hydrogen (secondary N) is 1. The summed E-state index contributed by atoms with van der Waals surface area (Å²) in [6.45, 7) is 0.0973. The molecular weight excluding hydrogens is 456 g/mol. The van der Waals surface area contributed by atoms with E-state index in [9.17, 15) is 18.3 Å². The molecule has 2 aromatic heterocycles. The maximum atomic E-state index is 12.7. The number of aromatic nitrogens is 2. The lowest BCUT2D eigenvalue weighted by Gasteiger charge is -2.14. The zero-order valence-corrected chi connectivity index (χ0v) is 18.3. The van der Waals surface area contributed by atoms with Crippen molar-refractivity contribution in [2.45, 2.75) is 31.6 Å². The van der Waals surface area contributed by atoms with Gasteiger partial charge in [-0.2, -0.15) is 8.42 Å². The van der Waals surface area contributed by atoms with Gasteiger partial charge >= 0.3 is 10.3 Å². The van der Waals surface area contributed by atoms with Crippen LogP contribution in [0.1, 0.15) is 33.9 Å². The summed E-state index contributed by atoms with van der Waals surface area (Å²) in [6.07, 6.45) is 1.53. The molecule has 3 rings (SSSR count). The Labute approximate surface area is 182 Å². The number of anilines is 1. The highest BCUT2D eigenvalue weighted by Gasteiger charge is 2.34. The van der Waals surface area contributed by atoms with Crippen LogP contribution in [0.3, 0.4) is 0 Å². The second-order valence-electron chi connectivity index (χ2n) is 6.85. The highest BCUT2D eigenvalue weighted by molar-refractivity contribution is 7.84. The number of aliphatic hydroxyl groups excluding tert-OH is 1. The highest BCUT2D eigenvalue weighted by Crippen LogP contribution is 2.30. The van der Waals surface area contributed by atoms with E-state index in [0.29, 0.717) is 34.5 Å². The summed E-state index contributed by atoms with van der Waals surface area (Å²) in [6, 6.07) is 3.08. The average Bonchev–Trinajstić information content (AvgIpc) is 3.21. The zero-order valence-electron chi connectivity index (χ0n) is 15.9. The van der Waals surface area contributed by atoms with Crippen LogP contribution in [0.15, 0.2) is 18.3 Å². The molecule has 0 spiro atoms. The molecule has 0 aromatic carbocycles. The van der Waals surface area contributed by atoms with Crippen LogP contribution in [0.4, 0.5) is 5.82 Å². The summed E-state index contributed by atoms with van der Waals surface area (Å²) < 4.78 is 32.0. The molecule has 0 amide bonds. The number of aliphatic hydroxyl groups is 1. The number of rotatable bonds is 9. The molecule has 0 saturated heterocycles. The minimum atomic E-state index is -4.06. The van der Waals surface area contributed by atoms with Gasteiger partial charge < -0.3 is 15.2 Å². The Morgan fingerprint density at radius 2 is 2.23 bits per heavy atom. The molecule has 2 heterocycles. The van der Waals surface area contributed by atoms with Crippen LogP contribution in [0.25, 0.3) is 0 Å². The lowest BCUT2D eigenvalue weighted by Crippen LogP contribution is -2.24. The van der Waals surface area contributed by atoms with Crippen molar-refractivity contribution in [3.8, 4) is 0 Å². The fraction of sp³-hybridized carbons (Fsp3) is 0.471. The molecule has 4 N–H and O–H groups in total. The van der Waals surface area contributed by atoms with E-state index in [0.717, 1.165) is 16.9 Å². The molecule has 2 aromatic rings. The monoisotopic (exact) mass is 476 g/mol. The fourth-order valence-corrected chi connectivity index (χ4v) is 4.77. The number of hydrogen-bond donors (Lipinski definition) is 3. The van der Waals surface area contributed by atoms with Crippen molar-refractivity contribution in [1.82, 2.24) is 9.97 Å². The number of methoxy groups -OCH3 is 1. The van der Waals surface area contributed by atoms with Crippen LogP contribution >= 0.6 is 22.9 Å². The van der Waals surface area contributed by atoms with E-state index in [1.54, 1.807) is 19.2 Å². The van der Waals surface area contributed by atoms with Gasteiger partial charge in [0, 0.05) is 30.8 Å². The van der Waals surface area contributed by atoms with E-state index >= 15 is 0 Å². The number of hydrogen-bond acceptors (Lipinski definition) is 10. The summed E-state index contributed by atoms with van der Waals surface area (Å²) in [7, 11) is -2.52. The maximum absolute atomic E-state index is 12.7. The van der Waals surface area contributed by atoms with Crippen molar-refractivity contribution in [2.75, 3.05) is 19.0 Å². The first kappa shape index (κ1) is 23.0. The smallest absolute Gasteiger partial charge is 0.333 e. The standard InChI is InChI=1S/C17H21ClN4O6S2/c1-27-7-10-5-13(29-16(10)18)15(24)17-20-3-2-14(22-17)21-11-4-9(12(23)6-11)8-28-30(19,25)26/h2-3,5,9,11-12,23H,4,6-8H2,1H3,(H2,19,25,26)(H,20,21,22)/t9-,11-,12+/m1/s1. The van der Waals surface area contributed by atoms with Crippen molar-refractivity contribution in [3.63, 3.8) is 0 Å². The van der Waals surface area contributed by atoms with Gasteiger partial charge in [0.25, 0.3) is 0 Å². The van der Waals surface area contributed by atoms with Gasteiger partial charge in [0.05, 0.1) is 28.5 Å². The Balaban J connectivity index is 1.66. The van der Waals surface area contributed by atoms with Crippen molar-refractivity contribution in [1.29, 1.82) is 0 Å². The molecule has 164 valence electrons. The van der Waals surface area contributed by atoms with Crippen LogP contribution in [0, 0.1) is 5.92 Å². The molecule has 1 saturated carbocycles. The van der Waals surface area contributed by atoms with Gasteiger partial charge in [-0.3, -0.25) is 8.98 Å². The number of nitrogens with zero attached hydrogens (tertiary/aromatic N) is 2. The summed E-state index contributed by atoms with van der Waals surface area (Å²) in [5.74, 6) is -0.331. The summed E-state index contributed by atoms with van der Waals surface area (Å²) >= 11 is 7.27. The van der Waals surface area contributed by atoms with E-state index in [1.165, 1.54) is 6.20 Å². The third kappa shape index (κ3) is 5.94. The van der Waals surface area contributed by atoms with Gasteiger partial charge in [0.15, 0.2) is 0 Å². The molecular formula is C17H21ClN4O6S2. The van der Waals surface area contributed by atoms with Gasteiger partial charge in [0.2, 0.25) is 11.6 Å². The predicted molar refractivity (Wildman–Crippen MR) is 111 cm³/mol. The topological polar surface area (TPSA) is 154 Å². The lowest BCUT2D eigenvalue weighted by atomic mass is 10.1. The van der Waals surface area contributed by atoms with Gasteiger partial charge in [-0.15, -0.1) is 11.3 Å². The number of nitrogens with two attached hydrogens (primary N) is 1. The molecule has 1 aliphatic carbocycles. The molecule has 13 heteroatoms. The van der Waals surface area contributed by atoms with Crippen LogP contribution in [-0.4, -0.2) is 55.1 Å². The second kappa shape index (κ2) is 9.64. The lowest BCUT2D eigenvalue weighted by molar-refractivity contribution is 0.100. The van der Waals surface area contributed by atoms with Crippen molar-refractivity contribution < 1.29 is 27.2 Å². The molecule has 30 heavy (non-hydrogen) atoms. The molecule has 0 bridgehead atoms. The Morgan fingerprint density at radius 1 is 1.47 bits per heavy atom. The first-order valence-corrected chi connectivity index (χ1v) is 11.6. The van der Waals surface area contributed by atoms with Gasteiger partial charge in [-0.25, -0.2) is 15.1 Å². The largest absolute Gasteiger partial charge is 0.393 e. The third-order valence-electron chi connectivity index (χ3n) is 4.60. The summed E-state index contributed by atoms with van der Waals surface area (Å²) in [5.41, 5.74) is 0.717. The normalized spacial score (nSPS) is 21.7. The molecule has 10 nitrogen and oxygen atoms in total. The fourth-order valence-electron chi connectivity index (χ4n) is 3.22. The third-order valence-corrected chi connectivity index (χ3v) is 6.50. The Hall–Kier alpha value is -1.67. The van der Waals surface area contributed by atoms with E-state index in [1.807, 2.05) is 0 Å². The molecule has 1 fully saturated rings. The number of ether oxygens (including phenoxy) is 1. The van der Waals surface area contributed by atoms with Crippen molar-refractivity contribution in [3.05, 3.63) is 38.9 Å². The Morgan fingerprint density at radius 3 is 2.93 bits per heavy atom. The van der Waals surface area contributed by atoms with Gasteiger partial charge in [0.1, 0.15) is 5.82 Å². The number of halogens is 1. The van der Waals surface area contributed by atoms with E-state index < -0.39 is 22.3 Å². The number of carbonyl (C=O) groups excluding carboxylic acids is 1. The van der Waals surface area contributed by atoms with Crippen LogP contribution < -0.4 is 10.5 Å². The van der Waals surface area contributed by atoms with Crippen LogP contribution in [0.5, 0.6) is 0 Å². The van der Waals surface area contributed by atoms with Gasteiger partial charge in [-0.05, 0) is 25.0 Å². The first-order chi connectivity index (χ1) is 14.2. The van der Waals surface area contributed by atoms with Gasteiger partial charge in [-0.1, -0.05) is 11.6 Å². The first-order valence-electron chi connectivity index (χ1n) is 8.93. The Bertz CT molecular complexity index is 1020. The summed E-state index contributed by atoms with van der Waals surface area (Å²) in [4.78, 5) is 21.4. The highest BCUT2D eigenvalue weighted by atomic mass is 35.5. The second-order valence-corrected chi connectivity index (χ2v) is 9.73. The maximum Gasteiger partial charge on any atom is 0.333 e. The van der Waals surface area contributed by atoms with Crippen LogP contribution in [0.2, 0.25) is 4.34 Å². The summed E-state index contributed by atoms with van der Waals surface area (Å²) in [5, 5.41) is 18.1. The minimum absolute atomic E-state index is 0.00883. The molecule has 3 atom stereocenters. The molecule has 0 radical (unpaired) electrons. The van der Waals surface area contributed by atoms with E-state index in [-0.39, 0.29) is 24.3 Å². The quantitative estimate of drug-likeness (QED) is 0.454. The minimum Gasteiger partial charge on any atom is -0.393 e. The predicted octanol–water partition coefficient (Wildman–Crippen LogP) is 1.34. The average molecular weight is 477 g/mol. The molecule has 0 aliphatic heterocycles. The Kier molecular flexibility index (Phi) is 7.39. The number of ketones is 1. The molecule has 1 aliphatic rings. The van der Waals surface area contributed by atoms with Crippen LogP contribution in [-0.2, 0) is 25.8 Å². The zero-order chi connectivity index (χ0) is 21.9. The number of carbonyl (C=O) groups is 1. The molecule has 0 unspecified atom stereocenters.